The van der Waals surface area contributed by atoms with E-state index in [1.807, 2.05) is 0 Å². The second-order valence-electron chi connectivity index (χ2n) is 6.85. The summed E-state index contributed by atoms with van der Waals surface area (Å²) in [5, 5.41) is 3.79. The molecule has 0 spiro atoms. The van der Waals surface area contributed by atoms with E-state index in [1.165, 1.54) is 63.7 Å². The number of nitrogens with zero attached hydrogens (tertiary/aromatic N) is 1. The molecule has 0 aromatic heterocycles. The lowest BCUT2D eigenvalue weighted by molar-refractivity contribution is 0.117. The lowest BCUT2D eigenvalue weighted by Crippen LogP contribution is -2.57. The first-order valence-electron chi connectivity index (χ1n) is 8.88. The smallest absolute Gasteiger partial charge is 0.0224 e. The molecule has 2 heteroatoms. The largest absolute Gasteiger partial charge is 0.311 e. The van der Waals surface area contributed by atoms with Gasteiger partial charge in [0.15, 0.2) is 0 Å². The molecular weight excluding hydrogens is 256 g/mol. The Labute approximate surface area is 129 Å². The molecule has 1 heterocycles. The molecule has 0 amide bonds. The molecule has 2 aliphatic rings. The van der Waals surface area contributed by atoms with Gasteiger partial charge in [0.05, 0.1) is 0 Å². The summed E-state index contributed by atoms with van der Waals surface area (Å²) in [6.07, 6.45) is 8.08. The lowest BCUT2D eigenvalue weighted by atomic mass is 10.0. The standard InChI is InChI=1S/C19H30N2/c1-2-18-14-20-19(17-11-12-17)15-21(18)13-7-6-10-16-8-4-3-5-9-16/h3-5,8-9,17-20H,2,6-7,10-15H2,1H3. The highest BCUT2D eigenvalue weighted by molar-refractivity contribution is 5.14. The van der Waals surface area contributed by atoms with Crippen LogP contribution in [0.3, 0.4) is 0 Å². The molecule has 0 radical (unpaired) electrons. The van der Waals surface area contributed by atoms with E-state index in [9.17, 15) is 0 Å². The molecule has 1 N–H and O–H groups in total. The van der Waals surface area contributed by atoms with Gasteiger partial charge < -0.3 is 5.32 Å². The molecule has 1 saturated heterocycles. The second kappa shape index (κ2) is 7.42. The molecule has 21 heavy (non-hydrogen) atoms. The Morgan fingerprint density at radius 3 is 2.67 bits per heavy atom. The van der Waals surface area contributed by atoms with Crippen molar-refractivity contribution >= 4 is 0 Å². The van der Waals surface area contributed by atoms with E-state index in [4.69, 9.17) is 0 Å². The van der Waals surface area contributed by atoms with Crippen LogP contribution in [0.15, 0.2) is 30.3 Å². The number of hydrogen-bond acceptors (Lipinski definition) is 2. The highest BCUT2D eigenvalue weighted by Crippen LogP contribution is 2.34. The molecule has 1 aliphatic heterocycles. The van der Waals surface area contributed by atoms with Crippen molar-refractivity contribution in [1.82, 2.24) is 10.2 Å². The minimum Gasteiger partial charge on any atom is -0.311 e. The van der Waals surface area contributed by atoms with Gasteiger partial charge in [0.1, 0.15) is 0 Å². The molecule has 2 atom stereocenters. The average molecular weight is 286 g/mol. The van der Waals surface area contributed by atoms with Gasteiger partial charge in [-0.25, -0.2) is 0 Å². The van der Waals surface area contributed by atoms with Gasteiger partial charge in [0.2, 0.25) is 0 Å². The first-order chi connectivity index (χ1) is 10.4. The van der Waals surface area contributed by atoms with Crippen LogP contribution in [-0.2, 0) is 6.42 Å². The van der Waals surface area contributed by atoms with Crippen LogP contribution in [0.25, 0.3) is 0 Å². The van der Waals surface area contributed by atoms with Gasteiger partial charge in [0, 0.05) is 25.2 Å². The normalized spacial score (nSPS) is 26.9. The van der Waals surface area contributed by atoms with Crippen molar-refractivity contribution in [3.63, 3.8) is 0 Å². The third-order valence-corrected chi connectivity index (χ3v) is 5.23. The summed E-state index contributed by atoms with van der Waals surface area (Å²) in [7, 11) is 0. The molecule has 2 nitrogen and oxygen atoms in total. The van der Waals surface area contributed by atoms with E-state index in [2.05, 4.69) is 47.5 Å². The summed E-state index contributed by atoms with van der Waals surface area (Å²) in [6.45, 7) is 6.11. The highest BCUT2D eigenvalue weighted by atomic mass is 15.2. The maximum atomic E-state index is 3.79. The zero-order chi connectivity index (χ0) is 14.5. The predicted molar refractivity (Wildman–Crippen MR) is 89.5 cm³/mol. The van der Waals surface area contributed by atoms with E-state index in [0.29, 0.717) is 0 Å². The van der Waals surface area contributed by atoms with E-state index >= 15 is 0 Å². The molecule has 116 valence electrons. The fraction of sp³-hybridized carbons (Fsp3) is 0.684. The van der Waals surface area contributed by atoms with Crippen molar-refractivity contribution in [3.05, 3.63) is 35.9 Å². The summed E-state index contributed by atoms with van der Waals surface area (Å²) >= 11 is 0. The van der Waals surface area contributed by atoms with Crippen molar-refractivity contribution < 1.29 is 0 Å². The maximum absolute atomic E-state index is 3.79. The van der Waals surface area contributed by atoms with Crippen LogP contribution in [0.2, 0.25) is 0 Å². The Morgan fingerprint density at radius 1 is 1.14 bits per heavy atom. The van der Waals surface area contributed by atoms with E-state index in [1.54, 1.807) is 0 Å². The van der Waals surface area contributed by atoms with Crippen LogP contribution in [0.1, 0.15) is 44.6 Å². The van der Waals surface area contributed by atoms with Crippen LogP contribution in [-0.4, -0.2) is 36.6 Å². The summed E-state index contributed by atoms with van der Waals surface area (Å²) < 4.78 is 0. The number of unbranched alkanes of at least 4 members (excludes halogenated alkanes) is 1. The minimum atomic E-state index is 0.761. The van der Waals surface area contributed by atoms with E-state index < -0.39 is 0 Å². The van der Waals surface area contributed by atoms with Gasteiger partial charge in [-0.2, -0.15) is 0 Å². The molecule has 1 aromatic rings. The first-order valence-corrected chi connectivity index (χ1v) is 8.88. The van der Waals surface area contributed by atoms with Gasteiger partial charge in [-0.05, 0) is 56.6 Å². The topological polar surface area (TPSA) is 15.3 Å². The summed E-state index contributed by atoms with van der Waals surface area (Å²) in [4.78, 5) is 2.77. The number of nitrogens with one attached hydrogen (secondary N) is 1. The average Bonchev–Trinajstić information content (AvgIpc) is 3.37. The number of benzene rings is 1. The van der Waals surface area contributed by atoms with E-state index in [-0.39, 0.29) is 0 Å². The van der Waals surface area contributed by atoms with E-state index in [0.717, 1.165) is 18.0 Å². The molecule has 3 rings (SSSR count). The quantitative estimate of drug-likeness (QED) is 0.772. The Hall–Kier alpha value is -0.860. The third kappa shape index (κ3) is 4.31. The van der Waals surface area contributed by atoms with Crippen molar-refractivity contribution in [3.8, 4) is 0 Å². The van der Waals surface area contributed by atoms with Crippen molar-refractivity contribution in [1.29, 1.82) is 0 Å². The van der Waals surface area contributed by atoms with Crippen LogP contribution in [0.5, 0.6) is 0 Å². The van der Waals surface area contributed by atoms with Crippen LogP contribution < -0.4 is 5.32 Å². The molecule has 1 aromatic carbocycles. The van der Waals surface area contributed by atoms with Crippen LogP contribution >= 0.6 is 0 Å². The minimum absolute atomic E-state index is 0.761. The van der Waals surface area contributed by atoms with Gasteiger partial charge in [-0.1, -0.05) is 37.3 Å². The molecule has 2 unspecified atom stereocenters. The molecule has 1 aliphatic carbocycles. The van der Waals surface area contributed by atoms with Crippen molar-refractivity contribution in [2.45, 2.75) is 57.5 Å². The Morgan fingerprint density at radius 2 is 1.95 bits per heavy atom. The summed E-state index contributed by atoms with van der Waals surface area (Å²) in [5.41, 5.74) is 1.49. The monoisotopic (exact) mass is 286 g/mol. The lowest BCUT2D eigenvalue weighted by Gasteiger charge is -2.40. The number of rotatable bonds is 7. The van der Waals surface area contributed by atoms with Crippen molar-refractivity contribution in [2.75, 3.05) is 19.6 Å². The van der Waals surface area contributed by atoms with Gasteiger partial charge in [-0.15, -0.1) is 0 Å². The predicted octanol–water partition coefficient (Wildman–Crippen LogP) is 3.47. The number of piperazine rings is 1. The Bertz CT molecular complexity index is 413. The fourth-order valence-electron chi connectivity index (χ4n) is 3.66. The first kappa shape index (κ1) is 15.1. The summed E-state index contributed by atoms with van der Waals surface area (Å²) in [5.74, 6) is 0.981. The second-order valence-corrected chi connectivity index (χ2v) is 6.85. The molecule has 1 saturated carbocycles. The molecule has 2 fully saturated rings. The number of aryl methyl sites for hydroxylation is 1. The van der Waals surface area contributed by atoms with Crippen LogP contribution in [0, 0.1) is 5.92 Å². The van der Waals surface area contributed by atoms with Gasteiger partial charge in [0.25, 0.3) is 0 Å². The summed E-state index contributed by atoms with van der Waals surface area (Å²) in [6, 6.07) is 12.5. The molecular formula is C19H30N2. The fourth-order valence-corrected chi connectivity index (χ4v) is 3.66. The van der Waals surface area contributed by atoms with Gasteiger partial charge in [-0.3, -0.25) is 4.90 Å². The zero-order valence-electron chi connectivity index (χ0n) is 13.4. The third-order valence-electron chi connectivity index (χ3n) is 5.23. The van der Waals surface area contributed by atoms with Crippen LogP contribution in [0.4, 0.5) is 0 Å². The van der Waals surface area contributed by atoms with Gasteiger partial charge >= 0.3 is 0 Å². The van der Waals surface area contributed by atoms with Crippen molar-refractivity contribution in [2.24, 2.45) is 5.92 Å². The number of hydrogen-bond donors (Lipinski definition) is 1. The maximum Gasteiger partial charge on any atom is 0.0224 e. The zero-order valence-corrected chi connectivity index (χ0v) is 13.4. The Balaban J connectivity index is 1.41. The SMILES string of the molecule is CCC1CNC(C2CC2)CN1CCCCc1ccccc1. The highest BCUT2D eigenvalue weighted by Gasteiger charge is 2.36. The Kier molecular flexibility index (Phi) is 5.32. The molecule has 0 bridgehead atoms.